The standard InChI is InChI=1S/C32H33N7/c1-7-8-26(22-9-11-33-12-10-22)27-15-29(37-21(27)3)30-28-14-24(18-35-31(28)39-38-30)23-13-25(19-34-17-23)36-20(2)16-32(4,5)6/h7-15,17-19,36-37H,1-2,16H2,3-6H3,(H,35,38,39)/b26-8-. The van der Waals surface area contributed by atoms with E-state index in [9.17, 15) is 0 Å². The molecule has 3 N–H and O–H groups in total. The third-order valence-corrected chi connectivity index (χ3v) is 6.40. The zero-order chi connectivity index (χ0) is 27.6. The lowest BCUT2D eigenvalue weighted by Crippen LogP contribution is -2.10. The summed E-state index contributed by atoms with van der Waals surface area (Å²) in [5.74, 6) is 0. The van der Waals surface area contributed by atoms with Crippen molar-refractivity contribution in [1.82, 2.24) is 30.1 Å². The van der Waals surface area contributed by atoms with E-state index in [1.807, 2.05) is 36.8 Å². The summed E-state index contributed by atoms with van der Waals surface area (Å²) in [4.78, 5) is 16.8. The Bertz CT molecular complexity index is 1680. The molecule has 0 aliphatic heterocycles. The van der Waals surface area contributed by atoms with Crippen molar-refractivity contribution in [3.8, 4) is 22.5 Å². The number of rotatable bonds is 8. The van der Waals surface area contributed by atoms with E-state index >= 15 is 0 Å². The summed E-state index contributed by atoms with van der Waals surface area (Å²) >= 11 is 0. The van der Waals surface area contributed by atoms with Crippen LogP contribution >= 0.6 is 0 Å². The number of aromatic nitrogens is 6. The fourth-order valence-electron chi connectivity index (χ4n) is 4.78. The molecule has 196 valence electrons. The van der Waals surface area contributed by atoms with Crippen LogP contribution in [0.1, 0.15) is 44.0 Å². The third-order valence-electron chi connectivity index (χ3n) is 6.40. The van der Waals surface area contributed by atoms with Gasteiger partial charge in [0.2, 0.25) is 0 Å². The monoisotopic (exact) mass is 515 g/mol. The van der Waals surface area contributed by atoms with Gasteiger partial charge in [-0.2, -0.15) is 5.10 Å². The topological polar surface area (TPSA) is 95.2 Å². The number of hydrogen-bond acceptors (Lipinski definition) is 5. The summed E-state index contributed by atoms with van der Waals surface area (Å²) in [6, 6.07) is 10.3. The van der Waals surface area contributed by atoms with Crippen molar-refractivity contribution >= 4 is 22.3 Å². The van der Waals surface area contributed by atoms with Gasteiger partial charge in [-0.05, 0) is 60.2 Å². The molecule has 7 heteroatoms. The number of nitrogens with zero attached hydrogens (tertiary/aromatic N) is 4. The summed E-state index contributed by atoms with van der Waals surface area (Å²) in [6.45, 7) is 16.8. The molecule has 0 bridgehead atoms. The number of anilines is 1. The number of pyridine rings is 3. The number of H-pyrrole nitrogens is 2. The maximum Gasteiger partial charge on any atom is 0.181 e. The predicted octanol–water partition coefficient (Wildman–Crippen LogP) is 7.70. The minimum Gasteiger partial charge on any atom is -0.358 e. The van der Waals surface area contributed by atoms with Gasteiger partial charge >= 0.3 is 0 Å². The maximum atomic E-state index is 4.63. The van der Waals surface area contributed by atoms with Crippen LogP contribution in [0, 0.1) is 12.3 Å². The van der Waals surface area contributed by atoms with E-state index in [0.29, 0.717) is 5.65 Å². The van der Waals surface area contributed by atoms with E-state index < -0.39 is 0 Å². The predicted molar refractivity (Wildman–Crippen MR) is 160 cm³/mol. The van der Waals surface area contributed by atoms with Crippen LogP contribution in [-0.2, 0) is 0 Å². The maximum absolute atomic E-state index is 4.63. The second-order valence-electron chi connectivity index (χ2n) is 10.9. The number of aromatic amines is 2. The Morgan fingerprint density at radius 3 is 2.54 bits per heavy atom. The van der Waals surface area contributed by atoms with E-state index in [0.717, 1.165) is 68.1 Å². The molecule has 0 saturated carbocycles. The van der Waals surface area contributed by atoms with Gasteiger partial charge in [-0.1, -0.05) is 46.1 Å². The summed E-state index contributed by atoms with van der Waals surface area (Å²) in [7, 11) is 0. The van der Waals surface area contributed by atoms with Crippen molar-refractivity contribution in [2.75, 3.05) is 5.32 Å². The van der Waals surface area contributed by atoms with Crippen molar-refractivity contribution in [1.29, 1.82) is 0 Å². The smallest absolute Gasteiger partial charge is 0.181 e. The molecule has 0 amide bonds. The van der Waals surface area contributed by atoms with Crippen LogP contribution in [0.4, 0.5) is 5.69 Å². The lowest BCUT2D eigenvalue weighted by Gasteiger charge is -2.20. The first-order chi connectivity index (χ1) is 18.7. The first-order valence-electron chi connectivity index (χ1n) is 12.9. The molecule has 0 spiro atoms. The summed E-state index contributed by atoms with van der Waals surface area (Å²) in [5, 5.41) is 12.0. The van der Waals surface area contributed by atoms with Crippen molar-refractivity contribution in [3.63, 3.8) is 0 Å². The number of hydrogen-bond donors (Lipinski definition) is 3. The van der Waals surface area contributed by atoms with E-state index in [-0.39, 0.29) is 5.41 Å². The van der Waals surface area contributed by atoms with Crippen molar-refractivity contribution in [3.05, 3.63) is 109 Å². The molecule has 0 saturated heterocycles. The molecule has 0 aromatic carbocycles. The van der Waals surface area contributed by atoms with Gasteiger partial charge in [-0.3, -0.25) is 15.1 Å². The van der Waals surface area contributed by atoms with Gasteiger partial charge < -0.3 is 10.3 Å². The van der Waals surface area contributed by atoms with E-state index in [4.69, 9.17) is 0 Å². The molecule has 0 aliphatic carbocycles. The molecular formula is C32H33N7. The molecule has 0 atom stereocenters. The average Bonchev–Trinajstić information content (AvgIpc) is 3.49. The zero-order valence-electron chi connectivity index (χ0n) is 22.8. The Hall–Kier alpha value is -4.78. The zero-order valence-corrected chi connectivity index (χ0v) is 22.8. The lowest BCUT2D eigenvalue weighted by molar-refractivity contribution is 0.411. The Kier molecular flexibility index (Phi) is 6.98. The summed E-state index contributed by atoms with van der Waals surface area (Å²) < 4.78 is 0. The highest BCUT2D eigenvalue weighted by Gasteiger charge is 2.17. The Morgan fingerprint density at radius 2 is 1.79 bits per heavy atom. The van der Waals surface area contributed by atoms with Gasteiger partial charge in [-0.15, -0.1) is 0 Å². The SMILES string of the molecule is C=C/C=C(/c1ccncc1)c1cc(-c2[nH]nc3ncc(-c4cncc(NC(=C)CC(C)(C)C)c4)cc23)[nH]c1C. The van der Waals surface area contributed by atoms with Crippen LogP contribution < -0.4 is 5.32 Å². The molecule has 5 aromatic rings. The fourth-order valence-corrected chi connectivity index (χ4v) is 4.78. The van der Waals surface area contributed by atoms with Crippen LogP contribution in [0.25, 0.3) is 39.1 Å². The summed E-state index contributed by atoms with van der Waals surface area (Å²) in [6.07, 6.45) is 13.8. The average molecular weight is 516 g/mol. The summed E-state index contributed by atoms with van der Waals surface area (Å²) in [5.41, 5.74) is 10.7. The van der Waals surface area contributed by atoms with Gasteiger partial charge in [0.1, 0.15) is 0 Å². The van der Waals surface area contributed by atoms with Crippen molar-refractivity contribution in [2.45, 2.75) is 34.1 Å². The van der Waals surface area contributed by atoms with Gasteiger partial charge in [0.15, 0.2) is 5.65 Å². The number of nitrogens with one attached hydrogen (secondary N) is 3. The van der Waals surface area contributed by atoms with Crippen LogP contribution in [0.3, 0.4) is 0 Å². The molecule has 0 aliphatic rings. The second kappa shape index (κ2) is 10.5. The molecule has 0 fully saturated rings. The highest BCUT2D eigenvalue weighted by atomic mass is 15.2. The minimum absolute atomic E-state index is 0.151. The number of allylic oxidation sites excluding steroid dienone is 3. The normalized spacial score (nSPS) is 12.1. The molecular weight excluding hydrogens is 482 g/mol. The Balaban J connectivity index is 1.49. The lowest BCUT2D eigenvalue weighted by atomic mass is 9.91. The van der Waals surface area contributed by atoms with Crippen LogP contribution in [0.15, 0.2) is 92.3 Å². The van der Waals surface area contributed by atoms with E-state index in [2.05, 4.69) is 94.5 Å². The van der Waals surface area contributed by atoms with Gasteiger partial charge in [0.25, 0.3) is 0 Å². The van der Waals surface area contributed by atoms with Crippen molar-refractivity contribution < 1.29 is 0 Å². The van der Waals surface area contributed by atoms with Crippen molar-refractivity contribution in [2.24, 2.45) is 5.41 Å². The highest BCUT2D eigenvalue weighted by Crippen LogP contribution is 2.34. The fraction of sp³-hybridized carbons (Fsp3) is 0.188. The Morgan fingerprint density at radius 1 is 1.03 bits per heavy atom. The molecule has 0 radical (unpaired) electrons. The van der Waals surface area contributed by atoms with E-state index in [1.165, 1.54) is 0 Å². The Labute approximate surface area is 228 Å². The van der Waals surface area contributed by atoms with E-state index in [1.54, 1.807) is 18.5 Å². The quantitative estimate of drug-likeness (QED) is 0.184. The molecule has 39 heavy (non-hydrogen) atoms. The van der Waals surface area contributed by atoms with Gasteiger partial charge in [-0.25, -0.2) is 4.98 Å². The molecule has 5 rings (SSSR count). The van der Waals surface area contributed by atoms with Crippen LogP contribution in [-0.4, -0.2) is 30.1 Å². The number of fused-ring (bicyclic) bond motifs is 1. The third kappa shape index (κ3) is 5.72. The van der Waals surface area contributed by atoms with Gasteiger partial charge in [0.05, 0.1) is 23.3 Å². The molecule has 7 nitrogen and oxygen atoms in total. The first kappa shape index (κ1) is 25.9. The van der Waals surface area contributed by atoms with Crippen LogP contribution in [0.2, 0.25) is 0 Å². The minimum atomic E-state index is 0.151. The van der Waals surface area contributed by atoms with Gasteiger partial charge in [0, 0.05) is 58.3 Å². The molecule has 0 unspecified atom stereocenters. The molecule has 5 aromatic heterocycles. The molecule has 5 heterocycles. The highest BCUT2D eigenvalue weighted by molar-refractivity contribution is 5.94. The largest absolute Gasteiger partial charge is 0.358 e. The number of aryl methyl sites for hydroxylation is 1. The second-order valence-corrected chi connectivity index (χ2v) is 10.9. The first-order valence-corrected chi connectivity index (χ1v) is 12.9. The van der Waals surface area contributed by atoms with Crippen LogP contribution in [0.5, 0.6) is 0 Å².